The van der Waals surface area contributed by atoms with Crippen LogP contribution in [0, 0.1) is 0 Å². The number of aromatic carboxylic acids is 2. The van der Waals surface area contributed by atoms with E-state index in [1.54, 1.807) is 0 Å². The third kappa shape index (κ3) is 2.13. The second-order valence-corrected chi connectivity index (χ2v) is 3.19. The molecule has 86 valence electrons. The summed E-state index contributed by atoms with van der Waals surface area (Å²) in [4.78, 5) is 21.9. The second kappa shape index (κ2) is 4.65. The zero-order chi connectivity index (χ0) is 12.3. The lowest BCUT2D eigenvalue weighted by Crippen LogP contribution is -2.08. The van der Waals surface area contributed by atoms with E-state index in [0.29, 0.717) is 12.0 Å². The molecule has 0 spiro atoms. The van der Waals surface area contributed by atoms with Crippen LogP contribution in [0.25, 0.3) is 0 Å². The van der Waals surface area contributed by atoms with Crippen LogP contribution in [-0.4, -0.2) is 29.3 Å². The van der Waals surface area contributed by atoms with E-state index in [4.69, 9.17) is 14.9 Å². The van der Waals surface area contributed by atoms with Gasteiger partial charge in [-0.05, 0) is 24.1 Å². The molecule has 0 aliphatic carbocycles. The fraction of sp³-hybridized carbons (Fsp3) is 0.273. The number of benzene rings is 1. The molecule has 1 aromatic carbocycles. The van der Waals surface area contributed by atoms with E-state index < -0.39 is 11.9 Å². The van der Waals surface area contributed by atoms with Gasteiger partial charge in [-0.1, -0.05) is 6.92 Å². The molecule has 0 aliphatic heterocycles. The number of hydrogen-bond donors (Lipinski definition) is 2. The normalized spacial score (nSPS) is 9.88. The minimum atomic E-state index is -1.20. The van der Waals surface area contributed by atoms with Gasteiger partial charge in [0.25, 0.3) is 0 Å². The third-order valence-corrected chi connectivity index (χ3v) is 2.22. The van der Waals surface area contributed by atoms with Crippen LogP contribution in [0.2, 0.25) is 0 Å². The Balaban J connectivity index is 3.52. The first-order chi connectivity index (χ1) is 7.51. The molecule has 0 fully saturated rings. The molecule has 5 nitrogen and oxygen atoms in total. The van der Waals surface area contributed by atoms with Crippen molar-refractivity contribution in [1.29, 1.82) is 0 Å². The molecule has 1 aromatic rings. The van der Waals surface area contributed by atoms with Crippen molar-refractivity contribution in [3.63, 3.8) is 0 Å². The van der Waals surface area contributed by atoms with Crippen molar-refractivity contribution in [2.24, 2.45) is 0 Å². The first kappa shape index (κ1) is 12.0. The lowest BCUT2D eigenvalue weighted by molar-refractivity contribution is 0.0690. The van der Waals surface area contributed by atoms with E-state index in [-0.39, 0.29) is 16.9 Å². The number of methoxy groups -OCH3 is 1. The van der Waals surface area contributed by atoms with E-state index in [0.717, 1.165) is 0 Å². The van der Waals surface area contributed by atoms with Gasteiger partial charge in [0, 0.05) is 0 Å². The maximum atomic E-state index is 11.0. The van der Waals surface area contributed by atoms with Crippen LogP contribution in [0.15, 0.2) is 12.1 Å². The Labute approximate surface area is 92.3 Å². The van der Waals surface area contributed by atoms with Crippen molar-refractivity contribution in [3.8, 4) is 5.75 Å². The van der Waals surface area contributed by atoms with Crippen LogP contribution in [0.1, 0.15) is 33.2 Å². The Morgan fingerprint density at radius 2 is 1.62 bits per heavy atom. The molecule has 0 bridgehead atoms. The average Bonchev–Trinajstić information content (AvgIpc) is 2.26. The SMILES string of the molecule is CCc1cc(C(=O)O)c(OC)c(C(=O)O)c1. The summed E-state index contributed by atoms with van der Waals surface area (Å²) in [6.45, 7) is 1.82. The molecule has 16 heavy (non-hydrogen) atoms. The van der Waals surface area contributed by atoms with E-state index in [2.05, 4.69) is 0 Å². The Morgan fingerprint density at radius 1 is 1.19 bits per heavy atom. The molecule has 0 saturated heterocycles. The molecule has 0 unspecified atom stereocenters. The van der Waals surface area contributed by atoms with Crippen LogP contribution in [0.5, 0.6) is 5.75 Å². The number of carboxylic acids is 2. The number of ether oxygens (including phenoxy) is 1. The van der Waals surface area contributed by atoms with Gasteiger partial charge in [-0.15, -0.1) is 0 Å². The molecule has 0 aliphatic rings. The van der Waals surface area contributed by atoms with Gasteiger partial charge in [-0.3, -0.25) is 0 Å². The van der Waals surface area contributed by atoms with Crippen LogP contribution < -0.4 is 4.74 Å². The quantitative estimate of drug-likeness (QED) is 0.812. The van der Waals surface area contributed by atoms with Crippen molar-refractivity contribution in [2.75, 3.05) is 7.11 Å². The number of carbonyl (C=O) groups is 2. The van der Waals surface area contributed by atoms with Gasteiger partial charge in [0.05, 0.1) is 7.11 Å². The minimum Gasteiger partial charge on any atom is -0.495 e. The summed E-state index contributed by atoms with van der Waals surface area (Å²) in [6, 6.07) is 2.85. The zero-order valence-corrected chi connectivity index (χ0v) is 8.98. The molecule has 0 aromatic heterocycles. The third-order valence-electron chi connectivity index (χ3n) is 2.22. The van der Waals surface area contributed by atoms with Crippen molar-refractivity contribution < 1.29 is 24.5 Å². The molecule has 0 saturated carbocycles. The van der Waals surface area contributed by atoms with Gasteiger partial charge in [0.1, 0.15) is 16.9 Å². The zero-order valence-electron chi connectivity index (χ0n) is 8.98. The molecule has 0 radical (unpaired) electrons. The standard InChI is InChI=1S/C11H12O5/c1-3-6-4-7(10(12)13)9(16-2)8(5-6)11(14)15/h4-5H,3H2,1-2H3,(H,12,13)(H,14,15). The molecular formula is C11H12O5. The van der Waals surface area contributed by atoms with E-state index in [1.165, 1.54) is 19.2 Å². The predicted octanol–water partition coefficient (Wildman–Crippen LogP) is 1.65. The number of carboxylic acid groups (broad SMARTS) is 2. The maximum absolute atomic E-state index is 11.0. The number of hydrogen-bond acceptors (Lipinski definition) is 3. The fourth-order valence-corrected chi connectivity index (χ4v) is 1.43. The summed E-state index contributed by atoms with van der Waals surface area (Å²) >= 11 is 0. The smallest absolute Gasteiger partial charge is 0.339 e. The fourth-order valence-electron chi connectivity index (χ4n) is 1.43. The van der Waals surface area contributed by atoms with E-state index in [1.807, 2.05) is 6.92 Å². The average molecular weight is 224 g/mol. The van der Waals surface area contributed by atoms with Crippen LogP contribution >= 0.6 is 0 Å². The Morgan fingerprint density at radius 3 is 1.88 bits per heavy atom. The maximum Gasteiger partial charge on any atom is 0.339 e. The van der Waals surface area contributed by atoms with Gasteiger partial charge in [0.15, 0.2) is 0 Å². The predicted molar refractivity (Wildman–Crippen MR) is 56.3 cm³/mol. The molecule has 5 heteroatoms. The van der Waals surface area contributed by atoms with Crippen LogP contribution in [0.4, 0.5) is 0 Å². The monoisotopic (exact) mass is 224 g/mol. The molecule has 0 atom stereocenters. The highest BCUT2D eigenvalue weighted by molar-refractivity contribution is 5.99. The van der Waals surface area contributed by atoms with E-state index in [9.17, 15) is 9.59 Å². The summed E-state index contributed by atoms with van der Waals surface area (Å²) in [5, 5.41) is 17.9. The Bertz CT molecular complexity index is 401. The Hall–Kier alpha value is -2.04. The molecule has 1 rings (SSSR count). The van der Waals surface area contributed by atoms with Gasteiger partial charge >= 0.3 is 11.9 Å². The lowest BCUT2D eigenvalue weighted by Gasteiger charge is -2.10. The topological polar surface area (TPSA) is 83.8 Å². The highest BCUT2D eigenvalue weighted by Crippen LogP contribution is 2.26. The first-order valence-electron chi connectivity index (χ1n) is 4.68. The molecule has 2 N–H and O–H groups in total. The summed E-state index contributed by atoms with van der Waals surface area (Å²) in [5.74, 6) is -2.51. The largest absolute Gasteiger partial charge is 0.495 e. The second-order valence-electron chi connectivity index (χ2n) is 3.19. The number of aryl methyl sites for hydroxylation is 1. The highest BCUT2D eigenvalue weighted by Gasteiger charge is 2.20. The highest BCUT2D eigenvalue weighted by atomic mass is 16.5. The van der Waals surface area contributed by atoms with Gasteiger partial charge in [-0.25, -0.2) is 9.59 Å². The van der Waals surface area contributed by atoms with Crippen molar-refractivity contribution in [3.05, 3.63) is 28.8 Å². The lowest BCUT2D eigenvalue weighted by atomic mass is 10.0. The number of rotatable bonds is 4. The minimum absolute atomic E-state index is 0.114. The van der Waals surface area contributed by atoms with Crippen LogP contribution in [0.3, 0.4) is 0 Å². The van der Waals surface area contributed by atoms with Gasteiger partial charge in [0.2, 0.25) is 0 Å². The summed E-state index contributed by atoms with van der Waals surface area (Å²) in [5.41, 5.74) is 0.397. The van der Waals surface area contributed by atoms with Gasteiger partial charge < -0.3 is 14.9 Å². The van der Waals surface area contributed by atoms with Gasteiger partial charge in [-0.2, -0.15) is 0 Å². The summed E-state index contributed by atoms with van der Waals surface area (Å²) in [6.07, 6.45) is 0.560. The van der Waals surface area contributed by atoms with Crippen LogP contribution in [-0.2, 0) is 6.42 Å². The molecule has 0 heterocycles. The first-order valence-corrected chi connectivity index (χ1v) is 4.68. The van der Waals surface area contributed by atoms with E-state index >= 15 is 0 Å². The Kier molecular flexibility index (Phi) is 3.50. The molecular weight excluding hydrogens is 212 g/mol. The van der Waals surface area contributed by atoms with Crippen molar-refractivity contribution in [2.45, 2.75) is 13.3 Å². The molecule has 0 amide bonds. The summed E-state index contributed by atoms with van der Waals surface area (Å²) < 4.78 is 4.84. The van der Waals surface area contributed by atoms with Crippen molar-refractivity contribution >= 4 is 11.9 Å². The van der Waals surface area contributed by atoms with Crippen molar-refractivity contribution in [1.82, 2.24) is 0 Å². The summed E-state index contributed by atoms with van der Waals surface area (Å²) in [7, 11) is 1.25.